The highest BCUT2D eigenvalue weighted by molar-refractivity contribution is 7.91. The molecule has 2 rings (SSSR count). The third-order valence-electron chi connectivity index (χ3n) is 3.10. The summed E-state index contributed by atoms with van der Waals surface area (Å²) in [6.45, 7) is 1.51. The fraction of sp³-hybridized carbons (Fsp3) is 0.364. The molecule has 2 atom stereocenters. The summed E-state index contributed by atoms with van der Waals surface area (Å²) in [7, 11) is -3.37. The van der Waals surface area contributed by atoms with Gasteiger partial charge in [0.15, 0.2) is 9.84 Å². The SMILES string of the molecule is CC(C(=O)O)C1CS(=O)(=O)c2ccc(Cl)cc21. The molecule has 0 aliphatic carbocycles. The van der Waals surface area contributed by atoms with Crippen molar-refractivity contribution in [1.29, 1.82) is 0 Å². The maximum Gasteiger partial charge on any atom is 0.306 e. The molecule has 1 aliphatic heterocycles. The summed E-state index contributed by atoms with van der Waals surface area (Å²) >= 11 is 5.82. The van der Waals surface area contributed by atoms with E-state index < -0.39 is 27.6 Å². The van der Waals surface area contributed by atoms with Gasteiger partial charge in [-0.2, -0.15) is 0 Å². The Morgan fingerprint density at radius 2 is 2.18 bits per heavy atom. The predicted octanol–water partition coefficient (Wildman–Crippen LogP) is 1.93. The Kier molecular flexibility index (Phi) is 2.91. The number of halogens is 1. The van der Waals surface area contributed by atoms with Crippen molar-refractivity contribution in [3.63, 3.8) is 0 Å². The van der Waals surface area contributed by atoms with E-state index in [4.69, 9.17) is 16.7 Å². The lowest BCUT2D eigenvalue weighted by Gasteiger charge is -2.14. The molecular weight excluding hydrogens is 264 g/mol. The van der Waals surface area contributed by atoms with E-state index in [1.807, 2.05) is 0 Å². The number of carbonyl (C=O) groups is 1. The standard InChI is InChI=1S/C11H11ClO4S/c1-6(11(13)14)9-5-17(15,16)10-3-2-7(12)4-8(9)10/h2-4,6,9H,5H2,1H3,(H,13,14). The zero-order valence-electron chi connectivity index (χ0n) is 9.05. The molecule has 1 aliphatic rings. The van der Waals surface area contributed by atoms with E-state index in [9.17, 15) is 13.2 Å². The first kappa shape index (κ1) is 12.4. The third-order valence-corrected chi connectivity index (χ3v) is 5.17. The molecule has 0 bridgehead atoms. The van der Waals surface area contributed by atoms with E-state index in [0.29, 0.717) is 10.6 Å². The van der Waals surface area contributed by atoms with E-state index in [1.165, 1.54) is 19.1 Å². The smallest absolute Gasteiger partial charge is 0.306 e. The van der Waals surface area contributed by atoms with Crippen LogP contribution in [0.3, 0.4) is 0 Å². The molecule has 0 saturated heterocycles. The highest BCUT2D eigenvalue weighted by Crippen LogP contribution is 2.40. The van der Waals surface area contributed by atoms with Crippen molar-refractivity contribution in [2.24, 2.45) is 5.92 Å². The van der Waals surface area contributed by atoms with Gasteiger partial charge in [-0.25, -0.2) is 8.42 Å². The Morgan fingerprint density at radius 3 is 2.76 bits per heavy atom. The van der Waals surface area contributed by atoms with Gasteiger partial charge >= 0.3 is 5.97 Å². The van der Waals surface area contributed by atoms with E-state index in [1.54, 1.807) is 6.07 Å². The Bertz CT molecular complexity index is 579. The molecule has 0 radical (unpaired) electrons. The van der Waals surface area contributed by atoms with Crippen LogP contribution in [0.15, 0.2) is 23.1 Å². The van der Waals surface area contributed by atoms with Gasteiger partial charge in [0.1, 0.15) is 0 Å². The fourth-order valence-electron chi connectivity index (χ4n) is 2.09. The molecule has 1 N–H and O–H groups in total. The third kappa shape index (κ3) is 2.05. The minimum atomic E-state index is -3.37. The summed E-state index contributed by atoms with van der Waals surface area (Å²) < 4.78 is 23.7. The number of rotatable bonds is 2. The number of aliphatic carboxylic acids is 1. The quantitative estimate of drug-likeness (QED) is 0.894. The van der Waals surface area contributed by atoms with Crippen molar-refractivity contribution in [2.45, 2.75) is 17.7 Å². The number of sulfone groups is 1. The number of carboxylic acids is 1. The molecule has 0 amide bonds. The van der Waals surface area contributed by atoms with Crippen LogP contribution in [0.2, 0.25) is 5.02 Å². The highest BCUT2D eigenvalue weighted by atomic mass is 35.5. The topological polar surface area (TPSA) is 71.4 Å². The molecule has 92 valence electrons. The molecule has 0 spiro atoms. The molecule has 0 aromatic heterocycles. The molecule has 1 aromatic rings. The van der Waals surface area contributed by atoms with Crippen LogP contribution in [-0.2, 0) is 14.6 Å². The lowest BCUT2D eigenvalue weighted by molar-refractivity contribution is -0.141. The molecular formula is C11H11ClO4S. The Morgan fingerprint density at radius 1 is 1.53 bits per heavy atom. The van der Waals surface area contributed by atoms with E-state index in [0.717, 1.165) is 0 Å². The lowest BCUT2D eigenvalue weighted by Crippen LogP contribution is -2.20. The molecule has 0 saturated carbocycles. The van der Waals surface area contributed by atoms with Gasteiger partial charge in [-0.05, 0) is 23.8 Å². The van der Waals surface area contributed by atoms with Crippen molar-refractivity contribution in [1.82, 2.24) is 0 Å². The summed E-state index contributed by atoms with van der Waals surface area (Å²) in [5.74, 6) is -2.43. The van der Waals surface area contributed by atoms with Gasteiger partial charge in [-0.15, -0.1) is 0 Å². The van der Waals surface area contributed by atoms with Crippen molar-refractivity contribution in [3.05, 3.63) is 28.8 Å². The second kappa shape index (κ2) is 3.99. The van der Waals surface area contributed by atoms with Crippen molar-refractivity contribution in [3.8, 4) is 0 Å². The van der Waals surface area contributed by atoms with Gasteiger partial charge in [0.2, 0.25) is 0 Å². The van der Waals surface area contributed by atoms with E-state index in [-0.39, 0.29) is 10.6 Å². The van der Waals surface area contributed by atoms with Crippen molar-refractivity contribution in [2.75, 3.05) is 5.75 Å². The Balaban J connectivity index is 2.57. The van der Waals surface area contributed by atoms with Gasteiger partial charge in [-0.1, -0.05) is 18.5 Å². The minimum Gasteiger partial charge on any atom is -0.481 e. The zero-order valence-corrected chi connectivity index (χ0v) is 10.6. The number of hydrogen-bond donors (Lipinski definition) is 1. The number of carboxylic acid groups (broad SMARTS) is 1. The summed E-state index contributed by atoms with van der Waals surface area (Å²) in [5, 5.41) is 9.40. The van der Waals surface area contributed by atoms with E-state index in [2.05, 4.69) is 0 Å². The van der Waals surface area contributed by atoms with Gasteiger partial charge in [0.25, 0.3) is 0 Å². The first-order valence-electron chi connectivity index (χ1n) is 5.08. The van der Waals surface area contributed by atoms with Crippen LogP contribution in [0.1, 0.15) is 18.4 Å². The predicted molar refractivity (Wildman–Crippen MR) is 63.0 cm³/mol. The van der Waals surface area contributed by atoms with Crippen LogP contribution in [0, 0.1) is 5.92 Å². The molecule has 1 aromatic carbocycles. The summed E-state index contributed by atoms with van der Waals surface area (Å²) in [5.41, 5.74) is 0.521. The summed E-state index contributed by atoms with van der Waals surface area (Å²) in [4.78, 5) is 11.2. The number of benzene rings is 1. The highest BCUT2D eigenvalue weighted by Gasteiger charge is 2.39. The second-order valence-corrected chi connectivity index (χ2v) is 6.64. The minimum absolute atomic E-state index is 0.157. The van der Waals surface area contributed by atoms with Crippen LogP contribution in [0.5, 0.6) is 0 Å². The summed E-state index contributed by atoms with van der Waals surface area (Å²) in [6, 6.07) is 4.50. The fourth-order valence-corrected chi connectivity index (χ4v) is 4.24. The monoisotopic (exact) mass is 274 g/mol. The average molecular weight is 275 g/mol. The maximum atomic E-state index is 11.9. The number of fused-ring (bicyclic) bond motifs is 1. The van der Waals surface area contributed by atoms with Crippen molar-refractivity contribution >= 4 is 27.4 Å². The molecule has 6 heteroatoms. The van der Waals surface area contributed by atoms with Gasteiger partial charge in [-0.3, -0.25) is 4.79 Å². The molecule has 4 nitrogen and oxygen atoms in total. The van der Waals surface area contributed by atoms with Gasteiger partial charge in [0, 0.05) is 10.9 Å². The van der Waals surface area contributed by atoms with Crippen LogP contribution in [0.4, 0.5) is 0 Å². The average Bonchev–Trinajstić information content (AvgIpc) is 2.49. The molecule has 17 heavy (non-hydrogen) atoms. The normalized spacial score (nSPS) is 23.1. The second-order valence-electron chi connectivity index (χ2n) is 4.20. The molecule has 1 heterocycles. The zero-order chi connectivity index (χ0) is 12.8. The van der Waals surface area contributed by atoms with Crippen molar-refractivity contribution < 1.29 is 18.3 Å². The van der Waals surface area contributed by atoms with Gasteiger partial charge < -0.3 is 5.11 Å². The Labute approximate surface area is 104 Å². The van der Waals surface area contributed by atoms with Crippen LogP contribution in [0.25, 0.3) is 0 Å². The first-order chi connectivity index (χ1) is 7.83. The number of hydrogen-bond acceptors (Lipinski definition) is 3. The first-order valence-corrected chi connectivity index (χ1v) is 7.11. The van der Waals surface area contributed by atoms with Crippen LogP contribution < -0.4 is 0 Å². The van der Waals surface area contributed by atoms with E-state index >= 15 is 0 Å². The molecule has 0 fully saturated rings. The molecule has 2 unspecified atom stereocenters. The summed E-state index contributed by atoms with van der Waals surface area (Å²) in [6.07, 6.45) is 0. The largest absolute Gasteiger partial charge is 0.481 e. The van der Waals surface area contributed by atoms with Crippen LogP contribution in [-0.4, -0.2) is 25.2 Å². The lowest BCUT2D eigenvalue weighted by atomic mass is 9.89. The van der Waals surface area contributed by atoms with Gasteiger partial charge in [0.05, 0.1) is 16.6 Å². The Hall–Kier alpha value is -1.07. The van der Waals surface area contributed by atoms with Crippen LogP contribution >= 0.6 is 11.6 Å². The maximum absolute atomic E-state index is 11.9.